The van der Waals surface area contributed by atoms with Crippen molar-refractivity contribution in [3.8, 4) is 0 Å². The van der Waals surface area contributed by atoms with Crippen LogP contribution in [0.1, 0.15) is 51.2 Å². The van der Waals surface area contributed by atoms with E-state index in [9.17, 15) is 9.59 Å². The first-order valence-corrected chi connectivity index (χ1v) is 9.56. The second-order valence-corrected chi connectivity index (χ2v) is 7.21. The molecule has 1 saturated heterocycles. The Bertz CT molecular complexity index is 798. The van der Waals surface area contributed by atoms with Crippen molar-refractivity contribution in [2.24, 2.45) is 0 Å². The fourth-order valence-electron chi connectivity index (χ4n) is 4.01. The van der Waals surface area contributed by atoms with Crippen LogP contribution in [0.3, 0.4) is 0 Å². The van der Waals surface area contributed by atoms with E-state index < -0.39 is 0 Å². The second-order valence-electron chi connectivity index (χ2n) is 7.21. The van der Waals surface area contributed by atoms with Gasteiger partial charge in [-0.1, -0.05) is 6.07 Å². The number of hydrogen-bond acceptors (Lipinski definition) is 2. The van der Waals surface area contributed by atoms with Crippen molar-refractivity contribution in [3.63, 3.8) is 0 Å². The van der Waals surface area contributed by atoms with E-state index in [4.69, 9.17) is 0 Å². The smallest absolute Gasteiger partial charge is 0.270 e. The predicted molar refractivity (Wildman–Crippen MR) is 100 cm³/mol. The number of hydrogen-bond donors (Lipinski definition) is 1. The van der Waals surface area contributed by atoms with Crippen LogP contribution in [0, 0.1) is 0 Å². The lowest BCUT2D eigenvalue weighted by molar-refractivity contribution is 0.0716. The molecule has 0 radical (unpaired) electrons. The van der Waals surface area contributed by atoms with Gasteiger partial charge >= 0.3 is 0 Å². The zero-order valence-corrected chi connectivity index (χ0v) is 15.0. The van der Waals surface area contributed by atoms with Crippen molar-refractivity contribution in [2.45, 2.75) is 32.1 Å². The van der Waals surface area contributed by atoms with Crippen LogP contribution in [-0.4, -0.2) is 52.8 Å². The van der Waals surface area contributed by atoms with Crippen molar-refractivity contribution in [1.82, 2.24) is 14.8 Å². The number of aryl methyl sites for hydroxylation is 2. The minimum atomic E-state index is 0.0121. The highest BCUT2D eigenvalue weighted by atomic mass is 16.2. The van der Waals surface area contributed by atoms with Crippen molar-refractivity contribution in [1.29, 1.82) is 0 Å². The van der Waals surface area contributed by atoms with Crippen LogP contribution in [0.25, 0.3) is 0 Å². The third kappa shape index (κ3) is 3.39. The third-order valence-corrected chi connectivity index (χ3v) is 5.49. The number of aromatic amines is 1. The first-order chi connectivity index (χ1) is 12.7. The topological polar surface area (TPSA) is 56.4 Å². The first kappa shape index (κ1) is 16.9. The molecule has 1 aromatic carbocycles. The lowest BCUT2D eigenvalue weighted by Gasteiger charge is -2.23. The van der Waals surface area contributed by atoms with E-state index in [-0.39, 0.29) is 11.8 Å². The van der Waals surface area contributed by atoms with E-state index in [2.05, 4.69) is 17.1 Å². The molecule has 5 heteroatoms. The standard InChI is InChI=1S/C21H25N3O2/c25-20(18-9-8-16-5-1-2-6-17(16)15-18)23-11-4-12-24(14-13-23)21(26)19-7-3-10-22-19/h3,7-10,15,22H,1-2,4-6,11-14H2. The molecule has 0 spiro atoms. The molecule has 1 N–H and O–H groups in total. The average molecular weight is 351 g/mol. The van der Waals surface area contributed by atoms with Crippen LogP contribution in [0.15, 0.2) is 36.5 Å². The molecule has 0 bridgehead atoms. The number of carbonyl (C=O) groups excluding carboxylic acids is 2. The number of fused-ring (bicyclic) bond motifs is 1. The number of rotatable bonds is 2. The number of benzene rings is 1. The highest BCUT2D eigenvalue weighted by Gasteiger charge is 2.24. The summed E-state index contributed by atoms with van der Waals surface area (Å²) in [7, 11) is 0. The molecule has 26 heavy (non-hydrogen) atoms. The summed E-state index contributed by atoms with van der Waals surface area (Å²) in [6, 6.07) is 9.81. The molecular weight excluding hydrogens is 326 g/mol. The van der Waals surface area contributed by atoms with Gasteiger partial charge in [0.05, 0.1) is 0 Å². The monoisotopic (exact) mass is 351 g/mol. The van der Waals surface area contributed by atoms with Crippen molar-refractivity contribution in [2.75, 3.05) is 26.2 Å². The molecule has 1 aliphatic heterocycles. The molecule has 136 valence electrons. The maximum atomic E-state index is 13.0. The van der Waals surface area contributed by atoms with Crippen molar-refractivity contribution in [3.05, 3.63) is 58.9 Å². The van der Waals surface area contributed by atoms with E-state index in [1.165, 1.54) is 24.0 Å². The number of nitrogens with zero attached hydrogens (tertiary/aromatic N) is 2. The van der Waals surface area contributed by atoms with Crippen LogP contribution in [0.4, 0.5) is 0 Å². The maximum Gasteiger partial charge on any atom is 0.270 e. The van der Waals surface area contributed by atoms with E-state index in [1.807, 2.05) is 21.9 Å². The molecule has 2 aromatic rings. The number of aromatic nitrogens is 1. The zero-order valence-electron chi connectivity index (χ0n) is 15.0. The van der Waals surface area contributed by atoms with E-state index in [0.717, 1.165) is 24.8 Å². The highest BCUT2D eigenvalue weighted by Crippen LogP contribution is 2.23. The van der Waals surface area contributed by atoms with Crippen LogP contribution in [-0.2, 0) is 12.8 Å². The summed E-state index contributed by atoms with van der Waals surface area (Å²) in [5.74, 6) is 0.102. The fraction of sp³-hybridized carbons (Fsp3) is 0.429. The molecule has 0 unspecified atom stereocenters. The van der Waals surface area contributed by atoms with Gasteiger partial charge in [0.15, 0.2) is 0 Å². The average Bonchev–Trinajstić information content (AvgIpc) is 3.11. The fourth-order valence-corrected chi connectivity index (χ4v) is 4.01. The Labute approximate surface area is 154 Å². The Kier molecular flexibility index (Phi) is 4.78. The summed E-state index contributed by atoms with van der Waals surface area (Å²) >= 11 is 0. The third-order valence-electron chi connectivity index (χ3n) is 5.49. The Morgan fingerprint density at radius 2 is 1.54 bits per heavy atom. The van der Waals surface area contributed by atoms with Gasteiger partial charge in [-0.25, -0.2) is 0 Å². The molecule has 0 atom stereocenters. The largest absolute Gasteiger partial charge is 0.357 e. The number of nitrogens with one attached hydrogen (secondary N) is 1. The lowest BCUT2D eigenvalue weighted by atomic mass is 9.90. The van der Waals surface area contributed by atoms with E-state index in [1.54, 1.807) is 12.3 Å². The highest BCUT2D eigenvalue weighted by molar-refractivity contribution is 5.95. The molecule has 2 amide bonds. The van der Waals surface area contributed by atoms with Gasteiger partial charge in [-0.2, -0.15) is 0 Å². The van der Waals surface area contributed by atoms with Crippen molar-refractivity contribution >= 4 is 11.8 Å². The SMILES string of the molecule is O=C(c1ccc2c(c1)CCCC2)N1CCCN(C(=O)c2ccc[nH]2)CC1. The van der Waals surface area contributed by atoms with Crippen LogP contribution in [0.2, 0.25) is 0 Å². The molecule has 2 aliphatic rings. The summed E-state index contributed by atoms with van der Waals surface area (Å²) in [6.45, 7) is 2.55. The molecule has 1 fully saturated rings. The number of carbonyl (C=O) groups is 2. The predicted octanol–water partition coefficient (Wildman–Crippen LogP) is 2.88. The summed E-state index contributed by atoms with van der Waals surface area (Å²) in [5.41, 5.74) is 4.13. The van der Waals surface area contributed by atoms with E-state index >= 15 is 0 Å². The Balaban J connectivity index is 1.44. The Hall–Kier alpha value is -2.56. The Morgan fingerprint density at radius 3 is 2.27 bits per heavy atom. The van der Waals surface area contributed by atoms with Crippen LogP contribution < -0.4 is 0 Å². The summed E-state index contributed by atoms with van der Waals surface area (Å²) in [5, 5.41) is 0. The molecule has 1 aromatic heterocycles. The Morgan fingerprint density at radius 1 is 0.808 bits per heavy atom. The normalized spacial score (nSPS) is 17.5. The van der Waals surface area contributed by atoms with Gasteiger partial charge in [0.1, 0.15) is 5.69 Å². The first-order valence-electron chi connectivity index (χ1n) is 9.56. The molecular formula is C21H25N3O2. The van der Waals surface area contributed by atoms with Gasteiger partial charge in [-0.3, -0.25) is 9.59 Å². The molecule has 1 aliphatic carbocycles. The molecule has 2 heterocycles. The van der Waals surface area contributed by atoms with Gasteiger partial charge in [0.2, 0.25) is 0 Å². The van der Waals surface area contributed by atoms with Gasteiger partial charge in [-0.05, 0) is 67.5 Å². The minimum absolute atomic E-state index is 0.0121. The quantitative estimate of drug-likeness (QED) is 0.904. The maximum absolute atomic E-state index is 13.0. The number of H-pyrrole nitrogens is 1. The number of amides is 2. The van der Waals surface area contributed by atoms with Gasteiger partial charge in [0, 0.05) is 37.9 Å². The summed E-state index contributed by atoms with van der Waals surface area (Å²) in [4.78, 5) is 32.2. The van der Waals surface area contributed by atoms with E-state index in [0.29, 0.717) is 31.9 Å². The summed E-state index contributed by atoms with van der Waals surface area (Å²) < 4.78 is 0. The van der Waals surface area contributed by atoms with Crippen LogP contribution in [0.5, 0.6) is 0 Å². The van der Waals surface area contributed by atoms with Gasteiger partial charge in [-0.15, -0.1) is 0 Å². The van der Waals surface area contributed by atoms with Crippen LogP contribution >= 0.6 is 0 Å². The van der Waals surface area contributed by atoms with Gasteiger partial charge in [0.25, 0.3) is 11.8 Å². The second kappa shape index (κ2) is 7.36. The lowest BCUT2D eigenvalue weighted by Crippen LogP contribution is -2.37. The van der Waals surface area contributed by atoms with Crippen molar-refractivity contribution < 1.29 is 9.59 Å². The minimum Gasteiger partial charge on any atom is -0.357 e. The molecule has 0 saturated carbocycles. The zero-order chi connectivity index (χ0) is 17.9. The molecule has 5 nitrogen and oxygen atoms in total. The van der Waals surface area contributed by atoms with Gasteiger partial charge < -0.3 is 14.8 Å². The molecule has 4 rings (SSSR count). The summed E-state index contributed by atoms with van der Waals surface area (Å²) in [6.07, 6.45) is 7.24.